The molecule has 0 bridgehead atoms. The fraction of sp³-hybridized carbons (Fsp3) is 0.667. The van der Waals surface area contributed by atoms with Crippen molar-refractivity contribution < 1.29 is 14.6 Å². The molecule has 0 aromatic rings. The molecule has 1 unspecified atom stereocenters. The average molecular weight is 129 g/mol. The van der Waals surface area contributed by atoms with Gasteiger partial charge in [0.15, 0.2) is 0 Å². The zero-order valence-electron chi connectivity index (χ0n) is 5.26. The van der Waals surface area contributed by atoms with Gasteiger partial charge in [-0.3, -0.25) is 4.79 Å². The van der Waals surface area contributed by atoms with E-state index in [1.807, 2.05) is 6.92 Å². The van der Waals surface area contributed by atoms with Crippen molar-refractivity contribution in [1.29, 1.82) is 0 Å². The van der Waals surface area contributed by atoms with Crippen molar-refractivity contribution in [3.05, 3.63) is 5.92 Å². The Kier molecular flexibility index (Phi) is 1.71. The van der Waals surface area contributed by atoms with E-state index in [-0.39, 0.29) is 6.10 Å². The predicted octanol–water partition coefficient (Wildman–Crippen LogP) is 0.454. The van der Waals surface area contributed by atoms with E-state index in [0.717, 1.165) is 0 Å². The van der Waals surface area contributed by atoms with E-state index in [0.29, 0.717) is 18.9 Å². The van der Waals surface area contributed by atoms with Crippen molar-refractivity contribution in [1.82, 2.24) is 0 Å². The van der Waals surface area contributed by atoms with Gasteiger partial charge in [-0.05, 0) is 13.3 Å². The average Bonchev–Trinajstić information content (AvgIpc) is 2.47. The minimum absolute atomic E-state index is 0.0764. The molecule has 0 saturated heterocycles. The van der Waals surface area contributed by atoms with Crippen molar-refractivity contribution in [3.8, 4) is 0 Å². The summed E-state index contributed by atoms with van der Waals surface area (Å²) in [5.74, 6) is -0.301. The first-order valence-corrected chi connectivity index (χ1v) is 2.96. The van der Waals surface area contributed by atoms with Crippen molar-refractivity contribution in [2.24, 2.45) is 0 Å². The molecule has 1 aliphatic rings. The standard InChI is InChI=1S/C6H9O3/c1-2-9-5-3-4(5)6(7)8/h5H,2-3H2,1H3,(H,7,8). The Morgan fingerprint density at radius 1 is 2.00 bits per heavy atom. The van der Waals surface area contributed by atoms with Crippen LogP contribution in [0.3, 0.4) is 0 Å². The quantitative estimate of drug-likeness (QED) is 0.602. The van der Waals surface area contributed by atoms with E-state index in [4.69, 9.17) is 9.84 Å². The largest absolute Gasteiger partial charge is 0.481 e. The Morgan fingerprint density at radius 2 is 2.67 bits per heavy atom. The number of hydrogen-bond donors (Lipinski definition) is 1. The Hall–Kier alpha value is -0.570. The van der Waals surface area contributed by atoms with Gasteiger partial charge in [-0.15, -0.1) is 0 Å². The monoisotopic (exact) mass is 129 g/mol. The van der Waals surface area contributed by atoms with Crippen LogP contribution in [0, 0.1) is 5.92 Å². The second kappa shape index (κ2) is 2.35. The van der Waals surface area contributed by atoms with Crippen LogP contribution in [-0.4, -0.2) is 23.8 Å². The molecule has 0 amide bonds. The first-order valence-electron chi connectivity index (χ1n) is 2.96. The summed E-state index contributed by atoms with van der Waals surface area (Å²) in [7, 11) is 0. The molecule has 1 atom stereocenters. The number of aliphatic carboxylic acids is 1. The van der Waals surface area contributed by atoms with E-state index < -0.39 is 5.97 Å². The molecule has 9 heavy (non-hydrogen) atoms. The molecule has 0 heterocycles. The van der Waals surface area contributed by atoms with Gasteiger partial charge in [-0.25, -0.2) is 0 Å². The van der Waals surface area contributed by atoms with E-state index in [2.05, 4.69) is 0 Å². The van der Waals surface area contributed by atoms with Crippen LogP contribution >= 0.6 is 0 Å². The van der Waals surface area contributed by atoms with Gasteiger partial charge in [0.1, 0.15) is 5.92 Å². The molecule has 1 aliphatic carbocycles. The number of rotatable bonds is 3. The van der Waals surface area contributed by atoms with Gasteiger partial charge in [-0.2, -0.15) is 0 Å². The summed E-state index contributed by atoms with van der Waals surface area (Å²) in [6.07, 6.45) is 0.538. The van der Waals surface area contributed by atoms with Crippen molar-refractivity contribution in [3.63, 3.8) is 0 Å². The molecule has 3 nitrogen and oxygen atoms in total. The Bertz CT molecular complexity index is 121. The highest BCUT2D eigenvalue weighted by atomic mass is 16.5. The third-order valence-electron chi connectivity index (χ3n) is 1.28. The van der Waals surface area contributed by atoms with E-state index in [9.17, 15) is 4.79 Å². The van der Waals surface area contributed by atoms with Crippen LogP contribution in [-0.2, 0) is 9.53 Å². The minimum atomic E-state index is -0.812. The van der Waals surface area contributed by atoms with Crippen molar-refractivity contribution in [2.45, 2.75) is 19.4 Å². The zero-order chi connectivity index (χ0) is 6.85. The molecule has 0 aliphatic heterocycles. The number of carboxylic acids is 1. The molecule has 1 fully saturated rings. The Labute approximate surface area is 53.6 Å². The normalized spacial score (nSPS) is 26.1. The van der Waals surface area contributed by atoms with Crippen molar-refractivity contribution >= 4 is 5.97 Å². The van der Waals surface area contributed by atoms with Crippen LogP contribution in [0.25, 0.3) is 0 Å². The lowest BCUT2D eigenvalue weighted by Gasteiger charge is -1.93. The fourth-order valence-electron chi connectivity index (χ4n) is 0.727. The van der Waals surface area contributed by atoms with E-state index >= 15 is 0 Å². The smallest absolute Gasteiger partial charge is 0.313 e. The summed E-state index contributed by atoms with van der Waals surface area (Å²) >= 11 is 0. The molecule has 1 N–H and O–H groups in total. The van der Waals surface area contributed by atoms with Crippen LogP contribution in [0.2, 0.25) is 0 Å². The van der Waals surface area contributed by atoms with Gasteiger partial charge in [-0.1, -0.05) is 0 Å². The molecule has 0 aromatic carbocycles. The predicted molar refractivity (Wildman–Crippen MR) is 30.9 cm³/mol. The van der Waals surface area contributed by atoms with Gasteiger partial charge in [0.05, 0.1) is 6.10 Å². The highest BCUT2D eigenvalue weighted by Gasteiger charge is 2.45. The molecular weight excluding hydrogens is 120 g/mol. The zero-order valence-corrected chi connectivity index (χ0v) is 5.26. The van der Waals surface area contributed by atoms with Crippen LogP contribution in [0.5, 0.6) is 0 Å². The Morgan fingerprint density at radius 3 is 3.00 bits per heavy atom. The van der Waals surface area contributed by atoms with Crippen molar-refractivity contribution in [2.75, 3.05) is 6.61 Å². The van der Waals surface area contributed by atoms with Crippen LogP contribution in [0.15, 0.2) is 0 Å². The highest BCUT2D eigenvalue weighted by Crippen LogP contribution is 2.35. The van der Waals surface area contributed by atoms with Gasteiger partial charge in [0, 0.05) is 6.61 Å². The number of carbonyl (C=O) groups is 1. The maximum atomic E-state index is 10.1. The number of ether oxygens (including phenoxy) is 1. The second-order valence-corrected chi connectivity index (χ2v) is 1.98. The Balaban J connectivity index is 2.17. The topological polar surface area (TPSA) is 46.5 Å². The van der Waals surface area contributed by atoms with Gasteiger partial charge in [0.2, 0.25) is 0 Å². The fourth-order valence-corrected chi connectivity index (χ4v) is 0.727. The molecule has 1 saturated carbocycles. The molecule has 0 spiro atoms. The molecular formula is C6H9O3. The summed E-state index contributed by atoms with van der Waals surface area (Å²) in [6, 6.07) is 0. The van der Waals surface area contributed by atoms with Crippen LogP contribution in [0.1, 0.15) is 13.3 Å². The lowest BCUT2D eigenvalue weighted by Crippen LogP contribution is -2.02. The van der Waals surface area contributed by atoms with Gasteiger partial charge >= 0.3 is 5.97 Å². The third-order valence-corrected chi connectivity index (χ3v) is 1.28. The number of carboxylic acid groups (broad SMARTS) is 1. The lowest BCUT2D eigenvalue weighted by molar-refractivity contribution is -0.134. The summed E-state index contributed by atoms with van der Waals surface area (Å²) in [5, 5.41) is 8.33. The van der Waals surface area contributed by atoms with Crippen LogP contribution in [0.4, 0.5) is 0 Å². The third kappa shape index (κ3) is 1.42. The first-order chi connectivity index (χ1) is 4.25. The molecule has 51 valence electrons. The van der Waals surface area contributed by atoms with Crippen LogP contribution < -0.4 is 0 Å². The van der Waals surface area contributed by atoms with E-state index in [1.165, 1.54) is 0 Å². The molecule has 1 radical (unpaired) electrons. The molecule has 0 aromatic heterocycles. The molecule has 1 rings (SSSR count). The van der Waals surface area contributed by atoms with E-state index in [1.54, 1.807) is 0 Å². The first kappa shape index (κ1) is 6.55. The SMILES string of the molecule is CCOC1C[C]1C(=O)O. The second-order valence-electron chi connectivity index (χ2n) is 1.98. The lowest BCUT2D eigenvalue weighted by atomic mass is 10.4. The van der Waals surface area contributed by atoms with Gasteiger partial charge < -0.3 is 9.84 Å². The summed E-state index contributed by atoms with van der Waals surface area (Å²) in [4.78, 5) is 10.1. The van der Waals surface area contributed by atoms with Gasteiger partial charge in [0.25, 0.3) is 0 Å². The number of hydrogen-bond acceptors (Lipinski definition) is 2. The minimum Gasteiger partial charge on any atom is -0.481 e. The molecule has 3 heteroatoms. The maximum absolute atomic E-state index is 10.1. The summed E-state index contributed by atoms with van der Waals surface area (Å²) < 4.78 is 5.01. The maximum Gasteiger partial charge on any atom is 0.313 e. The highest BCUT2D eigenvalue weighted by molar-refractivity contribution is 5.88. The summed E-state index contributed by atoms with van der Waals surface area (Å²) in [5.41, 5.74) is 0. The summed E-state index contributed by atoms with van der Waals surface area (Å²) in [6.45, 7) is 2.46.